The molecule has 1 amide bonds. The number of nitrogens with one attached hydrogen (secondary N) is 1. The van der Waals surface area contributed by atoms with Crippen LogP contribution in [0.1, 0.15) is 27.8 Å². The number of nitrogens with zero attached hydrogens (tertiary/aromatic N) is 1. The van der Waals surface area contributed by atoms with E-state index in [2.05, 4.69) is 10.3 Å². The molecule has 1 aromatic heterocycles. The lowest BCUT2D eigenvalue weighted by Gasteiger charge is -2.02. The molecule has 6 nitrogen and oxygen atoms in total. The van der Waals surface area contributed by atoms with E-state index < -0.39 is 11.9 Å². The maximum Gasteiger partial charge on any atom is 0.360 e. The van der Waals surface area contributed by atoms with E-state index in [1.165, 1.54) is 0 Å². The van der Waals surface area contributed by atoms with Gasteiger partial charge in [-0.1, -0.05) is 23.7 Å². The smallest absolute Gasteiger partial charge is 0.360 e. The highest BCUT2D eigenvalue weighted by Gasteiger charge is 2.16. The number of aromatic nitrogens is 1. The van der Waals surface area contributed by atoms with Gasteiger partial charge in [-0.05, 0) is 19.1 Å². The first kappa shape index (κ1) is 14.1. The molecule has 104 valence electrons. The van der Waals surface area contributed by atoms with Crippen molar-refractivity contribution in [3.05, 3.63) is 46.8 Å². The van der Waals surface area contributed by atoms with Crippen LogP contribution in [0.2, 0.25) is 5.02 Å². The summed E-state index contributed by atoms with van der Waals surface area (Å²) in [5, 5.41) is 2.72. The fraction of sp³-hybridized carbons (Fsp3) is 0.154. The number of esters is 1. The lowest BCUT2D eigenvalue weighted by atomic mass is 10.2. The van der Waals surface area contributed by atoms with Crippen molar-refractivity contribution in [1.82, 2.24) is 4.98 Å². The zero-order valence-electron chi connectivity index (χ0n) is 10.6. The van der Waals surface area contributed by atoms with Crippen LogP contribution >= 0.6 is 11.6 Å². The molecule has 0 atom stereocenters. The monoisotopic (exact) mass is 294 g/mol. The van der Waals surface area contributed by atoms with E-state index in [0.29, 0.717) is 5.02 Å². The van der Waals surface area contributed by atoms with Crippen molar-refractivity contribution in [3.8, 4) is 0 Å². The minimum Gasteiger partial charge on any atom is -0.461 e. The van der Waals surface area contributed by atoms with Gasteiger partial charge < -0.3 is 9.15 Å². The van der Waals surface area contributed by atoms with E-state index in [9.17, 15) is 9.59 Å². The van der Waals surface area contributed by atoms with Gasteiger partial charge in [0.15, 0.2) is 5.69 Å². The number of carbonyl (C=O) groups is 2. The predicted molar refractivity (Wildman–Crippen MR) is 71.9 cm³/mol. The number of oxazole rings is 1. The van der Waals surface area contributed by atoms with Crippen LogP contribution in [-0.4, -0.2) is 23.5 Å². The molecule has 2 rings (SSSR count). The summed E-state index contributed by atoms with van der Waals surface area (Å²) in [7, 11) is 0. The van der Waals surface area contributed by atoms with E-state index in [-0.39, 0.29) is 23.9 Å². The van der Waals surface area contributed by atoms with Crippen LogP contribution in [0.25, 0.3) is 0 Å². The SMILES string of the molecule is CCOC(=O)c1coc(NC(=O)c2ccccc2Cl)n1. The molecular weight excluding hydrogens is 284 g/mol. The summed E-state index contributed by atoms with van der Waals surface area (Å²) < 4.78 is 9.73. The Morgan fingerprint density at radius 2 is 2.15 bits per heavy atom. The van der Waals surface area contributed by atoms with Gasteiger partial charge in [0.05, 0.1) is 17.2 Å². The number of hydrogen-bond donors (Lipinski definition) is 1. The lowest BCUT2D eigenvalue weighted by molar-refractivity contribution is 0.0519. The van der Waals surface area contributed by atoms with Crippen LogP contribution in [0.5, 0.6) is 0 Å². The first-order valence-corrected chi connectivity index (χ1v) is 6.18. The minimum atomic E-state index is -0.616. The van der Waals surface area contributed by atoms with Crippen molar-refractivity contribution < 1.29 is 18.7 Å². The second-order valence-corrected chi connectivity index (χ2v) is 4.10. The van der Waals surface area contributed by atoms with Gasteiger partial charge in [0.1, 0.15) is 6.26 Å². The lowest BCUT2D eigenvalue weighted by Crippen LogP contribution is -2.13. The van der Waals surface area contributed by atoms with Gasteiger partial charge in [0.25, 0.3) is 5.91 Å². The van der Waals surface area contributed by atoms with Gasteiger partial charge in [-0.3, -0.25) is 10.1 Å². The molecule has 0 saturated heterocycles. The van der Waals surface area contributed by atoms with Crippen molar-refractivity contribution in [2.24, 2.45) is 0 Å². The molecule has 20 heavy (non-hydrogen) atoms. The molecule has 1 aromatic carbocycles. The predicted octanol–water partition coefficient (Wildman–Crippen LogP) is 2.76. The second kappa shape index (κ2) is 6.21. The van der Waals surface area contributed by atoms with Crippen LogP contribution in [0.3, 0.4) is 0 Å². The van der Waals surface area contributed by atoms with E-state index in [1.54, 1.807) is 31.2 Å². The Balaban J connectivity index is 2.09. The molecule has 0 bridgehead atoms. The molecule has 0 radical (unpaired) electrons. The zero-order chi connectivity index (χ0) is 14.5. The normalized spacial score (nSPS) is 10.1. The second-order valence-electron chi connectivity index (χ2n) is 3.69. The van der Waals surface area contributed by atoms with E-state index >= 15 is 0 Å². The Kier molecular flexibility index (Phi) is 4.37. The standard InChI is InChI=1S/C13H11ClN2O4/c1-2-19-12(18)10-7-20-13(15-10)16-11(17)8-5-3-4-6-9(8)14/h3-7H,2H2,1H3,(H,15,16,17). The quantitative estimate of drug-likeness (QED) is 0.877. The van der Waals surface area contributed by atoms with Crippen molar-refractivity contribution in [1.29, 1.82) is 0 Å². The first-order valence-electron chi connectivity index (χ1n) is 5.80. The fourth-order valence-electron chi connectivity index (χ4n) is 1.44. The Labute approximate surface area is 119 Å². The van der Waals surface area contributed by atoms with Gasteiger partial charge >= 0.3 is 12.0 Å². The van der Waals surface area contributed by atoms with Crippen LogP contribution in [0, 0.1) is 0 Å². The first-order chi connectivity index (χ1) is 9.61. The topological polar surface area (TPSA) is 81.4 Å². The zero-order valence-corrected chi connectivity index (χ0v) is 11.3. The third-order valence-electron chi connectivity index (χ3n) is 2.33. The maximum atomic E-state index is 11.9. The molecule has 2 aromatic rings. The Morgan fingerprint density at radius 3 is 2.85 bits per heavy atom. The average Bonchev–Trinajstić information content (AvgIpc) is 2.88. The summed E-state index contributed by atoms with van der Waals surface area (Å²) >= 11 is 5.90. The minimum absolute atomic E-state index is 0.0127. The molecule has 0 unspecified atom stereocenters. The number of ether oxygens (including phenoxy) is 1. The van der Waals surface area contributed by atoms with Gasteiger partial charge in [-0.25, -0.2) is 4.79 Å². The molecule has 0 fully saturated rings. The van der Waals surface area contributed by atoms with Crippen LogP contribution in [0.4, 0.5) is 6.01 Å². The summed E-state index contributed by atoms with van der Waals surface area (Å²) in [6.07, 6.45) is 1.11. The molecule has 0 aliphatic carbocycles. The highest BCUT2D eigenvalue weighted by molar-refractivity contribution is 6.34. The van der Waals surface area contributed by atoms with Crippen LogP contribution in [0.15, 0.2) is 34.9 Å². The third-order valence-corrected chi connectivity index (χ3v) is 2.66. The molecule has 1 heterocycles. The Bertz CT molecular complexity index is 639. The van der Waals surface area contributed by atoms with Crippen molar-refractivity contribution >= 4 is 29.5 Å². The molecule has 7 heteroatoms. The van der Waals surface area contributed by atoms with Gasteiger partial charge in [0, 0.05) is 0 Å². The number of anilines is 1. The highest BCUT2D eigenvalue weighted by atomic mass is 35.5. The average molecular weight is 295 g/mol. The molecule has 1 N–H and O–H groups in total. The Morgan fingerprint density at radius 1 is 1.40 bits per heavy atom. The van der Waals surface area contributed by atoms with Crippen molar-refractivity contribution in [3.63, 3.8) is 0 Å². The van der Waals surface area contributed by atoms with Gasteiger partial charge in [-0.15, -0.1) is 0 Å². The summed E-state index contributed by atoms with van der Waals surface area (Å²) in [5.74, 6) is -1.10. The van der Waals surface area contributed by atoms with Crippen LogP contribution < -0.4 is 5.32 Å². The highest BCUT2D eigenvalue weighted by Crippen LogP contribution is 2.17. The Hall–Kier alpha value is -2.34. The van der Waals surface area contributed by atoms with E-state index in [4.69, 9.17) is 20.8 Å². The van der Waals surface area contributed by atoms with Gasteiger partial charge in [0.2, 0.25) is 0 Å². The molecule has 0 spiro atoms. The number of rotatable bonds is 4. The molecule has 0 saturated carbocycles. The van der Waals surface area contributed by atoms with Crippen molar-refractivity contribution in [2.45, 2.75) is 6.92 Å². The number of hydrogen-bond acceptors (Lipinski definition) is 5. The molecule has 0 aliphatic rings. The van der Waals surface area contributed by atoms with E-state index in [0.717, 1.165) is 6.26 Å². The van der Waals surface area contributed by atoms with Crippen LogP contribution in [-0.2, 0) is 4.74 Å². The summed E-state index contributed by atoms with van der Waals surface area (Å²) in [5.41, 5.74) is 0.270. The number of carbonyl (C=O) groups excluding carboxylic acids is 2. The summed E-state index contributed by atoms with van der Waals surface area (Å²) in [4.78, 5) is 27.1. The number of benzene rings is 1. The number of amides is 1. The molecular formula is C13H11ClN2O4. The van der Waals surface area contributed by atoms with E-state index in [1.807, 2.05) is 0 Å². The third kappa shape index (κ3) is 3.16. The van der Waals surface area contributed by atoms with Gasteiger partial charge in [-0.2, -0.15) is 4.98 Å². The summed E-state index contributed by atoms with van der Waals surface area (Å²) in [6.45, 7) is 1.91. The molecule has 0 aliphatic heterocycles. The number of halogens is 1. The fourth-order valence-corrected chi connectivity index (χ4v) is 1.66. The largest absolute Gasteiger partial charge is 0.461 e. The summed E-state index contributed by atoms with van der Waals surface area (Å²) in [6, 6.07) is 6.45. The maximum absolute atomic E-state index is 11.9. The van der Waals surface area contributed by atoms with Crippen molar-refractivity contribution in [2.75, 3.05) is 11.9 Å².